The van der Waals surface area contributed by atoms with Crippen LogP contribution in [0, 0.1) is 0 Å². The van der Waals surface area contributed by atoms with Gasteiger partial charge in [0.2, 0.25) is 0 Å². The molecule has 0 amide bonds. The molecule has 2 atom stereocenters. The summed E-state index contributed by atoms with van der Waals surface area (Å²) in [6.07, 6.45) is 2.70. The van der Waals surface area contributed by atoms with Gasteiger partial charge >= 0.3 is 0 Å². The number of hydrogen-bond acceptors (Lipinski definition) is 5. The Labute approximate surface area is 90.8 Å². The molecule has 0 radical (unpaired) electrons. The molecule has 1 aliphatic rings. The van der Waals surface area contributed by atoms with E-state index >= 15 is 0 Å². The maximum atomic E-state index is 8.60. The first-order valence-electron chi connectivity index (χ1n) is 5.65. The second-order valence-corrected chi connectivity index (χ2v) is 3.81. The molecule has 0 aromatic rings. The fourth-order valence-electron chi connectivity index (χ4n) is 1.76. The van der Waals surface area contributed by atoms with Gasteiger partial charge in [-0.15, -0.1) is 0 Å². The molecule has 0 bridgehead atoms. The zero-order valence-corrected chi connectivity index (χ0v) is 9.11. The second kappa shape index (κ2) is 8.01. The molecule has 1 heterocycles. The summed E-state index contributed by atoms with van der Waals surface area (Å²) in [5.74, 6) is 0. The van der Waals surface area contributed by atoms with Crippen LogP contribution in [-0.4, -0.2) is 61.8 Å². The molecule has 1 aliphatic heterocycles. The van der Waals surface area contributed by atoms with E-state index in [9.17, 15) is 0 Å². The van der Waals surface area contributed by atoms with E-state index in [4.69, 9.17) is 14.9 Å². The highest BCUT2D eigenvalue weighted by Gasteiger charge is 2.24. The van der Waals surface area contributed by atoms with E-state index in [2.05, 4.69) is 10.6 Å². The van der Waals surface area contributed by atoms with Crippen molar-refractivity contribution in [2.75, 3.05) is 39.4 Å². The van der Waals surface area contributed by atoms with E-state index in [-0.39, 0.29) is 25.4 Å². The lowest BCUT2D eigenvalue weighted by molar-refractivity contribution is 0.0448. The van der Waals surface area contributed by atoms with E-state index in [0.717, 1.165) is 25.9 Å². The van der Waals surface area contributed by atoms with Crippen molar-refractivity contribution in [3.8, 4) is 0 Å². The summed E-state index contributed by atoms with van der Waals surface area (Å²) in [5, 5.41) is 23.5. The van der Waals surface area contributed by atoms with Crippen molar-refractivity contribution >= 4 is 0 Å². The quantitative estimate of drug-likeness (QED) is 0.381. The standard InChI is InChI=1S/C10H22N2O3/c13-5-3-11-7-9-1-2-10(15-9)8-12-4-6-14/h9-14H,1-8H2/t9-,10+. The van der Waals surface area contributed by atoms with Crippen molar-refractivity contribution in [3.63, 3.8) is 0 Å². The van der Waals surface area contributed by atoms with Gasteiger partial charge in [-0.05, 0) is 12.8 Å². The molecular formula is C10H22N2O3. The van der Waals surface area contributed by atoms with Gasteiger partial charge in [-0.2, -0.15) is 0 Å². The summed E-state index contributed by atoms with van der Waals surface area (Å²) >= 11 is 0. The van der Waals surface area contributed by atoms with Gasteiger partial charge in [-0.25, -0.2) is 0 Å². The van der Waals surface area contributed by atoms with Gasteiger partial charge in [0, 0.05) is 26.2 Å². The van der Waals surface area contributed by atoms with Crippen LogP contribution in [0.4, 0.5) is 0 Å². The average molecular weight is 218 g/mol. The summed E-state index contributed by atoms with van der Waals surface area (Å²) in [7, 11) is 0. The number of nitrogens with one attached hydrogen (secondary N) is 2. The van der Waals surface area contributed by atoms with Crippen LogP contribution in [0.25, 0.3) is 0 Å². The lowest BCUT2D eigenvalue weighted by Gasteiger charge is -2.14. The van der Waals surface area contributed by atoms with Crippen molar-refractivity contribution in [1.82, 2.24) is 10.6 Å². The molecule has 0 saturated carbocycles. The first-order valence-corrected chi connectivity index (χ1v) is 5.65. The fraction of sp³-hybridized carbons (Fsp3) is 1.00. The first kappa shape index (κ1) is 12.9. The van der Waals surface area contributed by atoms with E-state index in [1.54, 1.807) is 0 Å². The van der Waals surface area contributed by atoms with E-state index in [0.29, 0.717) is 13.1 Å². The zero-order chi connectivity index (χ0) is 10.9. The Kier molecular flexibility index (Phi) is 6.87. The van der Waals surface area contributed by atoms with E-state index in [1.165, 1.54) is 0 Å². The molecular weight excluding hydrogens is 196 g/mol. The number of rotatable bonds is 8. The number of ether oxygens (including phenoxy) is 1. The number of aliphatic hydroxyl groups excluding tert-OH is 2. The second-order valence-electron chi connectivity index (χ2n) is 3.81. The molecule has 0 aromatic heterocycles. The van der Waals surface area contributed by atoms with E-state index < -0.39 is 0 Å². The molecule has 1 saturated heterocycles. The van der Waals surface area contributed by atoms with Gasteiger partial charge in [0.1, 0.15) is 0 Å². The number of aliphatic hydroxyl groups is 2. The van der Waals surface area contributed by atoms with Crippen LogP contribution in [0.2, 0.25) is 0 Å². The fourth-order valence-corrected chi connectivity index (χ4v) is 1.76. The Balaban J connectivity index is 1.99. The van der Waals surface area contributed by atoms with Gasteiger partial charge < -0.3 is 25.6 Å². The lowest BCUT2D eigenvalue weighted by Crippen LogP contribution is -2.32. The SMILES string of the molecule is OCCNC[C@H]1CC[C@@H](CNCCO)O1. The zero-order valence-electron chi connectivity index (χ0n) is 9.11. The van der Waals surface area contributed by atoms with Crippen LogP contribution in [-0.2, 0) is 4.74 Å². The van der Waals surface area contributed by atoms with Crippen LogP contribution in [0.5, 0.6) is 0 Å². The largest absolute Gasteiger partial charge is 0.395 e. The molecule has 90 valence electrons. The third-order valence-electron chi connectivity index (χ3n) is 2.52. The summed E-state index contributed by atoms with van der Waals surface area (Å²) in [6.45, 7) is 3.25. The van der Waals surface area contributed by atoms with Crippen LogP contribution in [0.3, 0.4) is 0 Å². The maximum absolute atomic E-state index is 8.60. The van der Waals surface area contributed by atoms with E-state index in [1.807, 2.05) is 0 Å². The number of hydrogen-bond donors (Lipinski definition) is 4. The highest BCUT2D eigenvalue weighted by molar-refractivity contribution is 4.76. The molecule has 5 heteroatoms. The Morgan fingerprint density at radius 3 is 1.80 bits per heavy atom. The molecule has 4 N–H and O–H groups in total. The minimum absolute atomic E-state index is 0.175. The van der Waals surface area contributed by atoms with Gasteiger partial charge in [0.25, 0.3) is 0 Å². The lowest BCUT2D eigenvalue weighted by atomic mass is 10.2. The van der Waals surface area contributed by atoms with Crippen LogP contribution >= 0.6 is 0 Å². The molecule has 0 spiro atoms. The predicted molar refractivity (Wildman–Crippen MR) is 57.8 cm³/mol. The van der Waals surface area contributed by atoms with Crippen LogP contribution in [0.1, 0.15) is 12.8 Å². The minimum Gasteiger partial charge on any atom is -0.395 e. The average Bonchev–Trinajstić information content (AvgIpc) is 2.67. The van der Waals surface area contributed by atoms with Gasteiger partial charge in [-0.3, -0.25) is 0 Å². The Bertz CT molecular complexity index is 142. The Morgan fingerprint density at radius 2 is 1.40 bits per heavy atom. The monoisotopic (exact) mass is 218 g/mol. The normalized spacial score (nSPS) is 26.0. The maximum Gasteiger partial charge on any atom is 0.0704 e. The third kappa shape index (κ3) is 5.44. The molecule has 15 heavy (non-hydrogen) atoms. The molecule has 0 aliphatic carbocycles. The molecule has 1 fully saturated rings. The van der Waals surface area contributed by atoms with Gasteiger partial charge in [-0.1, -0.05) is 0 Å². The first-order chi connectivity index (χ1) is 7.36. The van der Waals surface area contributed by atoms with Gasteiger partial charge in [0.05, 0.1) is 25.4 Å². The van der Waals surface area contributed by atoms with Crippen molar-refractivity contribution in [1.29, 1.82) is 0 Å². The Hall–Kier alpha value is -0.200. The van der Waals surface area contributed by atoms with Crippen molar-refractivity contribution in [2.45, 2.75) is 25.0 Å². The van der Waals surface area contributed by atoms with Gasteiger partial charge in [0.15, 0.2) is 0 Å². The molecule has 5 nitrogen and oxygen atoms in total. The van der Waals surface area contributed by atoms with Crippen LogP contribution in [0.15, 0.2) is 0 Å². The smallest absolute Gasteiger partial charge is 0.0704 e. The highest BCUT2D eigenvalue weighted by Crippen LogP contribution is 2.18. The molecule has 0 aromatic carbocycles. The summed E-state index contributed by atoms with van der Waals surface area (Å²) < 4.78 is 5.77. The molecule has 1 rings (SSSR count). The summed E-state index contributed by atoms with van der Waals surface area (Å²) in [6, 6.07) is 0. The van der Waals surface area contributed by atoms with Crippen molar-refractivity contribution < 1.29 is 14.9 Å². The predicted octanol–water partition coefficient (Wildman–Crippen LogP) is -1.30. The minimum atomic E-state index is 0.175. The Morgan fingerprint density at radius 1 is 0.933 bits per heavy atom. The van der Waals surface area contributed by atoms with Crippen molar-refractivity contribution in [3.05, 3.63) is 0 Å². The summed E-state index contributed by atoms with van der Waals surface area (Å²) in [4.78, 5) is 0. The summed E-state index contributed by atoms with van der Waals surface area (Å²) in [5.41, 5.74) is 0. The third-order valence-corrected chi connectivity index (χ3v) is 2.52. The topological polar surface area (TPSA) is 73.8 Å². The van der Waals surface area contributed by atoms with Crippen molar-refractivity contribution in [2.24, 2.45) is 0 Å². The molecule has 0 unspecified atom stereocenters. The van der Waals surface area contributed by atoms with Crippen LogP contribution < -0.4 is 10.6 Å². The highest BCUT2D eigenvalue weighted by atomic mass is 16.5.